The Bertz CT molecular complexity index is 474. The van der Waals surface area contributed by atoms with Crippen LogP contribution in [0, 0.1) is 12.8 Å². The van der Waals surface area contributed by atoms with E-state index in [9.17, 15) is 0 Å². The third-order valence-corrected chi connectivity index (χ3v) is 4.67. The van der Waals surface area contributed by atoms with E-state index in [1.54, 1.807) is 0 Å². The van der Waals surface area contributed by atoms with Crippen LogP contribution in [0.5, 0.6) is 5.75 Å². The van der Waals surface area contributed by atoms with Crippen LogP contribution in [-0.2, 0) is 6.42 Å². The smallest absolute Gasteiger partial charge is 0.123 e. The second-order valence-electron chi connectivity index (χ2n) is 6.60. The highest BCUT2D eigenvalue weighted by Crippen LogP contribution is 2.29. The summed E-state index contributed by atoms with van der Waals surface area (Å²) in [7, 11) is 2.21. The summed E-state index contributed by atoms with van der Waals surface area (Å²) < 4.78 is 6.04. The lowest BCUT2D eigenvalue weighted by molar-refractivity contribution is 0.156. The SMILES string of the molecule is Cc1ccc2c(c1)CC(CNC1CCN(C)CC1C)O2. The van der Waals surface area contributed by atoms with Gasteiger partial charge in [-0.2, -0.15) is 0 Å². The maximum absolute atomic E-state index is 6.04. The summed E-state index contributed by atoms with van der Waals surface area (Å²) in [6, 6.07) is 7.14. The lowest BCUT2D eigenvalue weighted by Gasteiger charge is -2.35. The zero-order valence-corrected chi connectivity index (χ0v) is 12.9. The number of nitrogens with one attached hydrogen (secondary N) is 1. The van der Waals surface area contributed by atoms with Gasteiger partial charge >= 0.3 is 0 Å². The predicted octanol–water partition coefficient (Wildman–Crippen LogP) is 2.23. The van der Waals surface area contributed by atoms with E-state index in [4.69, 9.17) is 4.74 Å². The first-order chi connectivity index (χ1) is 9.61. The van der Waals surface area contributed by atoms with Crippen LogP contribution in [-0.4, -0.2) is 43.7 Å². The quantitative estimate of drug-likeness (QED) is 0.915. The summed E-state index contributed by atoms with van der Waals surface area (Å²) in [6.07, 6.45) is 2.60. The minimum Gasteiger partial charge on any atom is -0.488 e. The Morgan fingerprint density at radius 1 is 1.40 bits per heavy atom. The maximum atomic E-state index is 6.04. The molecule has 1 fully saturated rings. The Kier molecular flexibility index (Phi) is 3.99. The third kappa shape index (κ3) is 2.99. The van der Waals surface area contributed by atoms with Crippen LogP contribution >= 0.6 is 0 Å². The van der Waals surface area contributed by atoms with Crippen molar-refractivity contribution in [1.82, 2.24) is 10.2 Å². The zero-order chi connectivity index (χ0) is 14.1. The van der Waals surface area contributed by atoms with Crippen molar-refractivity contribution in [1.29, 1.82) is 0 Å². The maximum Gasteiger partial charge on any atom is 0.123 e. The summed E-state index contributed by atoms with van der Waals surface area (Å²) in [5, 5.41) is 3.73. The molecule has 110 valence electrons. The van der Waals surface area contributed by atoms with E-state index >= 15 is 0 Å². The van der Waals surface area contributed by atoms with Gasteiger partial charge in [0, 0.05) is 25.6 Å². The van der Waals surface area contributed by atoms with Crippen molar-refractivity contribution in [3.8, 4) is 5.75 Å². The molecule has 3 rings (SSSR count). The molecule has 0 spiro atoms. The fourth-order valence-corrected chi connectivity index (χ4v) is 3.50. The molecule has 3 nitrogen and oxygen atoms in total. The number of benzene rings is 1. The van der Waals surface area contributed by atoms with Crippen LogP contribution in [0.4, 0.5) is 0 Å². The van der Waals surface area contributed by atoms with Gasteiger partial charge in [0.15, 0.2) is 0 Å². The summed E-state index contributed by atoms with van der Waals surface area (Å²) in [5.74, 6) is 1.80. The molecule has 0 radical (unpaired) electrons. The Balaban J connectivity index is 1.51. The minimum atomic E-state index is 0.304. The number of hydrogen-bond donors (Lipinski definition) is 1. The Morgan fingerprint density at radius 2 is 2.25 bits per heavy atom. The first-order valence-corrected chi connectivity index (χ1v) is 7.80. The fourth-order valence-electron chi connectivity index (χ4n) is 3.50. The van der Waals surface area contributed by atoms with E-state index in [1.807, 2.05) is 0 Å². The van der Waals surface area contributed by atoms with E-state index in [2.05, 4.69) is 49.3 Å². The highest BCUT2D eigenvalue weighted by atomic mass is 16.5. The molecule has 1 saturated heterocycles. The lowest BCUT2D eigenvalue weighted by atomic mass is 9.94. The molecule has 2 aliphatic heterocycles. The molecule has 3 unspecified atom stereocenters. The number of piperidine rings is 1. The molecule has 0 aliphatic carbocycles. The molecule has 0 aromatic heterocycles. The molecule has 0 bridgehead atoms. The molecule has 1 N–H and O–H groups in total. The van der Waals surface area contributed by atoms with Crippen molar-refractivity contribution in [3.63, 3.8) is 0 Å². The van der Waals surface area contributed by atoms with Crippen LogP contribution in [0.2, 0.25) is 0 Å². The average molecular weight is 274 g/mol. The largest absolute Gasteiger partial charge is 0.488 e. The number of fused-ring (bicyclic) bond motifs is 1. The highest BCUT2D eigenvalue weighted by Gasteiger charge is 2.27. The van der Waals surface area contributed by atoms with Crippen LogP contribution in [0.25, 0.3) is 0 Å². The van der Waals surface area contributed by atoms with Gasteiger partial charge in [-0.3, -0.25) is 0 Å². The van der Waals surface area contributed by atoms with Crippen molar-refractivity contribution in [3.05, 3.63) is 29.3 Å². The Labute approximate surface area is 122 Å². The first-order valence-electron chi connectivity index (χ1n) is 7.80. The molecule has 0 amide bonds. The molecule has 20 heavy (non-hydrogen) atoms. The Hall–Kier alpha value is -1.06. The lowest BCUT2D eigenvalue weighted by Crippen LogP contribution is -2.49. The average Bonchev–Trinajstić information content (AvgIpc) is 2.79. The summed E-state index contributed by atoms with van der Waals surface area (Å²) >= 11 is 0. The predicted molar refractivity (Wildman–Crippen MR) is 82.4 cm³/mol. The van der Waals surface area contributed by atoms with Crippen LogP contribution in [0.3, 0.4) is 0 Å². The van der Waals surface area contributed by atoms with Crippen molar-refractivity contribution in [2.45, 2.75) is 38.8 Å². The van der Waals surface area contributed by atoms with Gasteiger partial charge in [-0.25, -0.2) is 0 Å². The molecule has 3 atom stereocenters. The van der Waals surface area contributed by atoms with Gasteiger partial charge in [0.25, 0.3) is 0 Å². The topological polar surface area (TPSA) is 24.5 Å². The summed E-state index contributed by atoms with van der Waals surface area (Å²) in [4.78, 5) is 2.42. The van der Waals surface area contributed by atoms with Crippen molar-refractivity contribution < 1.29 is 4.74 Å². The second-order valence-corrected chi connectivity index (χ2v) is 6.60. The number of ether oxygens (including phenoxy) is 1. The highest BCUT2D eigenvalue weighted by molar-refractivity contribution is 5.40. The number of likely N-dealkylation sites (tertiary alicyclic amines) is 1. The molecule has 1 aromatic rings. The summed E-state index contributed by atoms with van der Waals surface area (Å²) in [6.45, 7) is 7.86. The van der Waals surface area contributed by atoms with Crippen molar-refractivity contribution in [2.75, 3.05) is 26.7 Å². The van der Waals surface area contributed by atoms with E-state index < -0.39 is 0 Å². The summed E-state index contributed by atoms with van der Waals surface area (Å²) in [5.41, 5.74) is 2.69. The minimum absolute atomic E-state index is 0.304. The molecule has 1 aromatic carbocycles. The first kappa shape index (κ1) is 13.9. The van der Waals surface area contributed by atoms with E-state index in [0.29, 0.717) is 12.1 Å². The van der Waals surface area contributed by atoms with Gasteiger partial charge in [-0.1, -0.05) is 24.6 Å². The van der Waals surface area contributed by atoms with Crippen LogP contribution < -0.4 is 10.1 Å². The van der Waals surface area contributed by atoms with Gasteiger partial charge in [0.05, 0.1) is 0 Å². The molecular weight excluding hydrogens is 248 g/mol. The van der Waals surface area contributed by atoms with Gasteiger partial charge in [-0.05, 0) is 44.5 Å². The standard InChI is InChI=1S/C17H26N2O/c1-12-4-5-17-14(8-12)9-15(20-17)10-18-16-6-7-19(3)11-13(16)2/h4-5,8,13,15-16,18H,6-7,9-11H2,1-3H3. The second kappa shape index (κ2) is 5.74. The third-order valence-electron chi connectivity index (χ3n) is 4.67. The molecule has 0 saturated carbocycles. The molecular formula is C17H26N2O. The van der Waals surface area contributed by atoms with Gasteiger partial charge < -0.3 is 15.0 Å². The molecule has 2 aliphatic rings. The van der Waals surface area contributed by atoms with Crippen molar-refractivity contribution >= 4 is 0 Å². The number of hydrogen-bond acceptors (Lipinski definition) is 3. The molecule has 2 heterocycles. The van der Waals surface area contributed by atoms with Crippen LogP contribution in [0.15, 0.2) is 18.2 Å². The Morgan fingerprint density at radius 3 is 3.05 bits per heavy atom. The van der Waals surface area contributed by atoms with Gasteiger partial charge in [0.1, 0.15) is 11.9 Å². The van der Waals surface area contributed by atoms with E-state index in [-0.39, 0.29) is 0 Å². The number of rotatable bonds is 3. The van der Waals surface area contributed by atoms with E-state index in [0.717, 1.165) is 24.6 Å². The number of aryl methyl sites for hydroxylation is 1. The fraction of sp³-hybridized carbons (Fsp3) is 0.647. The van der Waals surface area contributed by atoms with Crippen LogP contribution in [0.1, 0.15) is 24.5 Å². The van der Waals surface area contributed by atoms with Crippen molar-refractivity contribution in [2.24, 2.45) is 5.92 Å². The number of nitrogens with zero attached hydrogens (tertiary/aromatic N) is 1. The molecule has 3 heteroatoms. The zero-order valence-electron chi connectivity index (χ0n) is 12.9. The van der Waals surface area contributed by atoms with Gasteiger partial charge in [-0.15, -0.1) is 0 Å². The van der Waals surface area contributed by atoms with E-state index in [1.165, 1.54) is 30.6 Å². The normalized spacial score (nSPS) is 30.1. The monoisotopic (exact) mass is 274 g/mol. The van der Waals surface area contributed by atoms with Gasteiger partial charge in [0.2, 0.25) is 0 Å².